The minimum atomic E-state index is 0.0156. The van der Waals surface area contributed by atoms with Crippen LogP contribution in [0.25, 0.3) is 0 Å². The molecule has 2 N–H and O–H groups in total. The average molecular weight is 270 g/mol. The molecular formula is C12H16BrNO. The number of rotatable bonds is 1. The number of halogens is 1. The summed E-state index contributed by atoms with van der Waals surface area (Å²) in [7, 11) is 0. The lowest BCUT2D eigenvalue weighted by Gasteiger charge is -2.13. The minimum absolute atomic E-state index is 0.0156. The number of hydrogen-bond donors (Lipinski definition) is 1. The summed E-state index contributed by atoms with van der Waals surface area (Å²) >= 11 is 3.59. The van der Waals surface area contributed by atoms with Gasteiger partial charge in [-0.25, -0.2) is 0 Å². The van der Waals surface area contributed by atoms with Crippen LogP contribution < -0.4 is 10.5 Å². The summed E-state index contributed by atoms with van der Waals surface area (Å²) in [6.07, 6.45) is 1.08. The second-order valence-corrected chi connectivity index (χ2v) is 4.93. The smallest absolute Gasteiger partial charge is 0.125 e. The molecule has 0 aromatic heterocycles. The fourth-order valence-electron chi connectivity index (χ4n) is 2.21. The second kappa shape index (κ2) is 3.80. The Morgan fingerprint density at radius 3 is 2.73 bits per heavy atom. The molecule has 1 aromatic rings. The van der Waals surface area contributed by atoms with Crippen molar-refractivity contribution in [2.75, 3.05) is 0 Å². The van der Waals surface area contributed by atoms with E-state index in [1.54, 1.807) is 0 Å². The number of benzene rings is 1. The van der Waals surface area contributed by atoms with Gasteiger partial charge in [0.1, 0.15) is 11.9 Å². The van der Waals surface area contributed by atoms with E-state index in [0.29, 0.717) is 0 Å². The van der Waals surface area contributed by atoms with Crippen molar-refractivity contribution in [1.29, 1.82) is 0 Å². The van der Waals surface area contributed by atoms with Crippen LogP contribution in [0.4, 0.5) is 0 Å². The first-order valence-corrected chi connectivity index (χ1v) is 6.07. The first-order chi connectivity index (χ1) is 7.06. The van der Waals surface area contributed by atoms with Gasteiger partial charge in [0.15, 0.2) is 0 Å². The summed E-state index contributed by atoms with van der Waals surface area (Å²) in [6, 6.07) is 2.09. The molecule has 15 heavy (non-hydrogen) atoms. The Kier molecular flexibility index (Phi) is 2.77. The van der Waals surface area contributed by atoms with Crippen molar-refractivity contribution in [2.45, 2.75) is 39.3 Å². The van der Waals surface area contributed by atoms with Crippen molar-refractivity contribution in [3.05, 3.63) is 27.2 Å². The van der Waals surface area contributed by atoms with E-state index in [0.717, 1.165) is 16.6 Å². The first kappa shape index (κ1) is 11.0. The molecule has 1 heterocycles. The standard InChI is InChI=1S/C12H16BrNO/c1-4-8-12(14)10-7(3)11(13)6(2)5-9(10)15-8/h5,8,12H,4,14H2,1-3H3. The fraction of sp³-hybridized carbons (Fsp3) is 0.500. The highest BCUT2D eigenvalue weighted by Crippen LogP contribution is 2.42. The normalized spacial score (nSPS) is 23.8. The predicted octanol–water partition coefficient (Wildman–Crippen LogP) is 3.24. The monoisotopic (exact) mass is 269 g/mol. The second-order valence-electron chi connectivity index (χ2n) is 4.13. The lowest BCUT2D eigenvalue weighted by molar-refractivity contribution is 0.202. The topological polar surface area (TPSA) is 35.2 Å². The Morgan fingerprint density at radius 2 is 2.13 bits per heavy atom. The largest absolute Gasteiger partial charge is 0.488 e. The van der Waals surface area contributed by atoms with E-state index >= 15 is 0 Å². The van der Waals surface area contributed by atoms with Gasteiger partial charge in [-0.15, -0.1) is 0 Å². The van der Waals surface area contributed by atoms with Gasteiger partial charge < -0.3 is 10.5 Å². The molecule has 1 aliphatic heterocycles. The van der Waals surface area contributed by atoms with Crippen molar-refractivity contribution in [3.63, 3.8) is 0 Å². The van der Waals surface area contributed by atoms with Crippen molar-refractivity contribution in [3.8, 4) is 5.75 Å². The molecule has 0 radical (unpaired) electrons. The number of fused-ring (bicyclic) bond motifs is 1. The van der Waals surface area contributed by atoms with Crippen molar-refractivity contribution in [1.82, 2.24) is 0 Å². The number of hydrogen-bond acceptors (Lipinski definition) is 2. The zero-order chi connectivity index (χ0) is 11.2. The van der Waals surface area contributed by atoms with Gasteiger partial charge in [0.25, 0.3) is 0 Å². The maximum atomic E-state index is 6.18. The summed E-state index contributed by atoms with van der Waals surface area (Å²) in [5, 5.41) is 0. The van der Waals surface area contributed by atoms with E-state index < -0.39 is 0 Å². The molecule has 82 valence electrons. The Balaban J connectivity index is 2.56. The van der Waals surface area contributed by atoms with Crippen LogP contribution >= 0.6 is 15.9 Å². The predicted molar refractivity (Wildman–Crippen MR) is 65.3 cm³/mol. The Hall–Kier alpha value is -0.540. The summed E-state index contributed by atoms with van der Waals surface area (Å²) in [5.74, 6) is 0.965. The maximum absolute atomic E-state index is 6.18. The average Bonchev–Trinajstić information content (AvgIpc) is 2.52. The zero-order valence-electron chi connectivity index (χ0n) is 9.30. The van der Waals surface area contributed by atoms with Crippen LogP contribution in [0, 0.1) is 13.8 Å². The van der Waals surface area contributed by atoms with E-state index in [4.69, 9.17) is 10.5 Å². The summed E-state index contributed by atoms with van der Waals surface area (Å²) < 4.78 is 6.99. The molecule has 1 aliphatic rings. The molecule has 1 aromatic carbocycles. The Bertz CT molecular complexity index is 403. The van der Waals surface area contributed by atoms with Crippen LogP contribution in [0.5, 0.6) is 5.75 Å². The van der Waals surface area contributed by atoms with E-state index in [1.807, 2.05) is 0 Å². The number of nitrogens with two attached hydrogens (primary N) is 1. The molecule has 0 amide bonds. The molecule has 0 aliphatic carbocycles. The molecule has 0 bridgehead atoms. The molecule has 2 unspecified atom stereocenters. The van der Waals surface area contributed by atoms with Gasteiger partial charge in [0, 0.05) is 10.0 Å². The highest BCUT2D eigenvalue weighted by atomic mass is 79.9. The number of ether oxygens (including phenoxy) is 1. The summed E-state index contributed by atoms with van der Waals surface area (Å²) in [4.78, 5) is 0. The maximum Gasteiger partial charge on any atom is 0.125 e. The SMILES string of the molecule is CCC1Oc2cc(C)c(Br)c(C)c2C1N. The molecule has 0 saturated carbocycles. The van der Waals surface area contributed by atoms with Gasteiger partial charge in [-0.2, -0.15) is 0 Å². The van der Waals surface area contributed by atoms with E-state index in [2.05, 4.69) is 42.8 Å². The van der Waals surface area contributed by atoms with E-state index in [-0.39, 0.29) is 12.1 Å². The zero-order valence-corrected chi connectivity index (χ0v) is 10.9. The fourth-order valence-corrected chi connectivity index (χ4v) is 2.54. The Morgan fingerprint density at radius 1 is 1.47 bits per heavy atom. The first-order valence-electron chi connectivity index (χ1n) is 5.28. The van der Waals surface area contributed by atoms with Crippen molar-refractivity contribution in [2.24, 2.45) is 5.73 Å². The molecule has 0 saturated heterocycles. The van der Waals surface area contributed by atoms with Gasteiger partial charge in [0.05, 0.1) is 6.04 Å². The van der Waals surface area contributed by atoms with Crippen LogP contribution in [0.3, 0.4) is 0 Å². The van der Waals surface area contributed by atoms with Gasteiger partial charge in [0.2, 0.25) is 0 Å². The molecule has 2 atom stereocenters. The molecular weight excluding hydrogens is 254 g/mol. The highest BCUT2D eigenvalue weighted by Gasteiger charge is 2.32. The molecule has 3 heteroatoms. The highest BCUT2D eigenvalue weighted by molar-refractivity contribution is 9.10. The molecule has 0 fully saturated rings. The van der Waals surface area contributed by atoms with Crippen LogP contribution in [0.1, 0.15) is 36.1 Å². The van der Waals surface area contributed by atoms with Crippen LogP contribution in [-0.2, 0) is 0 Å². The van der Waals surface area contributed by atoms with Crippen LogP contribution in [0.2, 0.25) is 0 Å². The Labute approximate surface area is 98.9 Å². The molecule has 2 nitrogen and oxygen atoms in total. The van der Waals surface area contributed by atoms with E-state index in [9.17, 15) is 0 Å². The van der Waals surface area contributed by atoms with Crippen LogP contribution in [0.15, 0.2) is 10.5 Å². The van der Waals surface area contributed by atoms with Crippen LogP contribution in [-0.4, -0.2) is 6.10 Å². The third kappa shape index (κ3) is 1.58. The van der Waals surface area contributed by atoms with Gasteiger partial charge in [-0.05, 0) is 37.5 Å². The quantitative estimate of drug-likeness (QED) is 0.850. The van der Waals surface area contributed by atoms with Crippen molar-refractivity contribution < 1.29 is 4.74 Å². The third-order valence-electron chi connectivity index (χ3n) is 3.11. The van der Waals surface area contributed by atoms with Gasteiger partial charge in [-0.3, -0.25) is 0 Å². The third-order valence-corrected chi connectivity index (χ3v) is 4.33. The minimum Gasteiger partial charge on any atom is -0.488 e. The summed E-state index contributed by atoms with van der Waals surface area (Å²) in [5.41, 5.74) is 9.76. The summed E-state index contributed by atoms with van der Waals surface area (Å²) in [6.45, 7) is 6.27. The van der Waals surface area contributed by atoms with Gasteiger partial charge >= 0.3 is 0 Å². The lowest BCUT2D eigenvalue weighted by atomic mass is 9.97. The number of aryl methyl sites for hydroxylation is 1. The molecule has 0 spiro atoms. The molecule has 2 rings (SSSR count). The van der Waals surface area contributed by atoms with E-state index in [1.165, 1.54) is 16.7 Å². The lowest BCUT2D eigenvalue weighted by Crippen LogP contribution is -2.24. The van der Waals surface area contributed by atoms with Gasteiger partial charge in [-0.1, -0.05) is 22.9 Å². The van der Waals surface area contributed by atoms with Crippen molar-refractivity contribution >= 4 is 15.9 Å².